The van der Waals surface area contributed by atoms with Crippen molar-refractivity contribution in [2.45, 2.75) is 0 Å². The molecule has 2 aromatic carbocycles. The number of benzene rings is 2. The number of methoxy groups -OCH3 is 2. The predicted molar refractivity (Wildman–Crippen MR) is 104 cm³/mol. The Morgan fingerprint density at radius 1 is 0.963 bits per heavy atom. The number of rotatable bonds is 5. The molecule has 0 spiro atoms. The Kier molecular flexibility index (Phi) is 5.96. The minimum Gasteiger partial charge on any atom is -0.496 e. The summed E-state index contributed by atoms with van der Waals surface area (Å²) in [5.74, 6) is 0.960. The van der Waals surface area contributed by atoms with Gasteiger partial charge in [0.1, 0.15) is 17.3 Å². The first-order valence-corrected chi connectivity index (χ1v) is 8.81. The van der Waals surface area contributed by atoms with Crippen molar-refractivity contribution in [3.63, 3.8) is 0 Å². The Hall–Kier alpha value is -3.02. The van der Waals surface area contributed by atoms with Gasteiger partial charge < -0.3 is 19.3 Å². The lowest BCUT2D eigenvalue weighted by Crippen LogP contribution is -2.48. The second kappa shape index (κ2) is 8.58. The minimum absolute atomic E-state index is 0.0869. The van der Waals surface area contributed by atoms with Crippen molar-refractivity contribution < 1.29 is 18.7 Å². The van der Waals surface area contributed by atoms with E-state index in [9.17, 15) is 9.18 Å². The molecule has 0 aliphatic carbocycles. The summed E-state index contributed by atoms with van der Waals surface area (Å²) in [4.78, 5) is 16.3. The van der Waals surface area contributed by atoms with Gasteiger partial charge in [0.15, 0.2) is 0 Å². The van der Waals surface area contributed by atoms with Crippen LogP contribution >= 0.6 is 0 Å². The third-order valence-corrected chi connectivity index (χ3v) is 4.64. The van der Waals surface area contributed by atoms with Crippen LogP contribution in [0.4, 0.5) is 10.1 Å². The average Bonchev–Trinajstić information content (AvgIpc) is 2.72. The Bertz CT molecular complexity index is 808. The van der Waals surface area contributed by atoms with Crippen molar-refractivity contribution in [1.29, 1.82) is 0 Å². The smallest absolute Gasteiger partial charge is 0.246 e. The number of piperazine rings is 1. The first-order valence-electron chi connectivity index (χ1n) is 8.81. The molecule has 0 saturated carbocycles. The molecule has 0 radical (unpaired) electrons. The minimum atomic E-state index is -0.236. The summed E-state index contributed by atoms with van der Waals surface area (Å²) < 4.78 is 24.6. The summed E-state index contributed by atoms with van der Waals surface area (Å²) in [6.45, 7) is 2.28. The van der Waals surface area contributed by atoms with Crippen LogP contribution in [-0.2, 0) is 4.79 Å². The second-order valence-electron chi connectivity index (χ2n) is 6.17. The molecule has 0 N–H and O–H groups in total. The van der Waals surface area contributed by atoms with E-state index < -0.39 is 0 Å². The number of para-hydroxylation sites is 1. The fourth-order valence-electron chi connectivity index (χ4n) is 3.18. The number of hydrogen-bond donors (Lipinski definition) is 0. The molecule has 0 unspecified atom stereocenters. The number of hydrogen-bond acceptors (Lipinski definition) is 4. The molecule has 1 heterocycles. The van der Waals surface area contributed by atoms with E-state index in [0.29, 0.717) is 43.4 Å². The highest BCUT2D eigenvalue weighted by Crippen LogP contribution is 2.29. The van der Waals surface area contributed by atoms with E-state index in [1.807, 2.05) is 29.2 Å². The maximum absolute atomic E-state index is 13.9. The lowest BCUT2D eigenvalue weighted by molar-refractivity contribution is -0.126. The van der Waals surface area contributed by atoms with Crippen molar-refractivity contribution in [1.82, 2.24) is 4.90 Å². The highest BCUT2D eigenvalue weighted by molar-refractivity contribution is 5.92. The Morgan fingerprint density at radius 2 is 1.59 bits per heavy atom. The summed E-state index contributed by atoms with van der Waals surface area (Å²) in [6.07, 6.45) is 3.24. The summed E-state index contributed by atoms with van der Waals surface area (Å²) in [5.41, 5.74) is 1.31. The number of nitrogens with zero attached hydrogens (tertiary/aromatic N) is 2. The number of ether oxygens (including phenoxy) is 2. The van der Waals surface area contributed by atoms with Crippen molar-refractivity contribution in [3.8, 4) is 11.5 Å². The van der Waals surface area contributed by atoms with Crippen LogP contribution < -0.4 is 14.4 Å². The van der Waals surface area contributed by atoms with Gasteiger partial charge in [0.2, 0.25) is 5.91 Å². The van der Waals surface area contributed by atoms with Crippen LogP contribution in [0.2, 0.25) is 0 Å². The number of halogens is 1. The molecule has 0 aromatic heterocycles. The lowest BCUT2D eigenvalue weighted by Gasteiger charge is -2.35. The van der Waals surface area contributed by atoms with Gasteiger partial charge >= 0.3 is 0 Å². The second-order valence-corrected chi connectivity index (χ2v) is 6.17. The van der Waals surface area contributed by atoms with Gasteiger partial charge in [-0.2, -0.15) is 0 Å². The van der Waals surface area contributed by atoms with Crippen LogP contribution in [0.1, 0.15) is 5.56 Å². The molecule has 1 saturated heterocycles. The predicted octanol–water partition coefficient (Wildman–Crippen LogP) is 3.20. The standard InChI is InChI=1S/C21H23FN2O3/c1-26-19-8-5-9-20(27-2)16(19)10-11-21(25)24-14-12-23(13-15-24)18-7-4-3-6-17(18)22/h3-11H,12-15H2,1-2H3/b11-10+. The van der Waals surface area contributed by atoms with Gasteiger partial charge in [0.25, 0.3) is 0 Å². The van der Waals surface area contributed by atoms with Gasteiger partial charge in [-0.1, -0.05) is 18.2 Å². The van der Waals surface area contributed by atoms with E-state index in [4.69, 9.17) is 9.47 Å². The number of carbonyl (C=O) groups is 1. The molecule has 142 valence electrons. The Labute approximate surface area is 158 Å². The maximum Gasteiger partial charge on any atom is 0.246 e. The normalized spacial score (nSPS) is 14.5. The average molecular weight is 370 g/mol. The van der Waals surface area contributed by atoms with E-state index in [-0.39, 0.29) is 11.7 Å². The highest BCUT2D eigenvalue weighted by Gasteiger charge is 2.21. The van der Waals surface area contributed by atoms with Gasteiger partial charge in [-0.25, -0.2) is 4.39 Å². The topological polar surface area (TPSA) is 42.0 Å². The van der Waals surface area contributed by atoms with Crippen LogP contribution in [0.25, 0.3) is 6.08 Å². The summed E-state index contributed by atoms with van der Waals surface area (Å²) in [6, 6.07) is 12.2. The van der Waals surface area contributed by atoms with Crippen molar-refractivity contribution >= 4 is 17.7 Å². The molecule has 27 heavy (non-hydrogen) atoms. The maximum atomic E-state index is 13.9. The molecule has 5 nitrogen and oxygen atoms in total. The molecule has 1 aliphatic rings. The van der Waals surface area contributed by atoms with Gasteiger partial charge in [-0.3, -0.25) is 4.79 Å². The number of carbonyl (C=O) groups excluding carboxylic acids is 1. The quantitative estimate of drug-likeness (QED) is 0.758. The highest BCUT2D eigenvalue weighted by atomic mass is 19.1. The Balaban J connectivity index is 1.65. The van der Waals surface area contributed by atoms with Crippen molar-refractivity contribution in [2.75, 3.05) is 45.3 Å². The first-order chi connectivity index (χ1) is 13.1. The molecule has 1 fully saturated rings. The molecule has 2 aromatic rings. The summed E-state index contributed by atoms with van der Waals surface area (Å²) in [5, 5.41) is 0. The van der Waals surface area contributed by atoms with Gasteiger partial charge in [-0.05, 0) is 30.3 Å². The molecular formula is C21H23FN2O3. The zero-order valence-corrected chi connectivity index (χ0v) is 15.5. The van der Waals surface area contributed by atoms with Gasteiger partial charge in [0, 0.05) is 32.3 Å². The molecule has 0 bridgehead atoms. The largest absolute Gasteiger partial charge is 0.496 e. The van der Waals surface area contributed by atoms with Crippen LogP contribution in [0.5, 0.6) is 11.5 Å². The van der Waals surface area contributed by atoms with E-state index in [0.717, 1.165) is 5.56 Å². The fraction of sp³-hybridized carbons (Fsp3) is 0.286. The zero-order valence-electron chi connectivity index (χ0n) is 15.5. The van der Waals surface area contributed by atoms with Gasteiger partial charge in [0.05, 0.1) is 25.5 Å². The number of anilines is 1. The zero-order chi connectivity index (χ0) is 19.2. The Morgan fingerprint density at radius 3 is 2.19 bits per heavy atom. The molecule has 1 amide bonds. The van der Waals surface area contributed by atoms with Crippen molar-refractivity contribution in [3.05, 3.63) is 59.9 Å². The molecule has 0 atom stereocenters. The van der Waals surface area contributed by atoms with Crippen LogP contribution in [0.15, 0.2) is 48.5 Å². The molecule has 6 heteroatoms. The molecule has 3 rings (SSSR count). The fourth-order valence-corrected chi connectivity index (χ4v) is 3.18. The first kappa shape index (κ1) is 18.8. The van der Waals surface area contributed by atoms with E-state index in [2.05, 4.69) is 0 Å². The summed E-state index contributed by atoms with van der Waals surface area (Å²) in [7, 11) is 3.16. The monoisotopic (exact) mass is 370 g/mol. The van der Waals surface area contributed by atoms with E-state index >= 15 is 0 Å². The van der Waals surface area contributed by atoms with E-state index in [1.54, 1.807) is 37.3 Å². The van der Waals surface area contributed by atoms with Crippen LogP contribution in [0, 0.1) is 5.82 Å². The molecular weight excluding hydrogens is 347 g/mol. The van der Waals surface area contributed by atoms with E-state index in [1.165, 1.54) is 12.1 Å². The van der Waals surface area contributed by atoms with Crippen molar-refractivity contribution in [2.24, 2.45) is 0 Å². The van der Waals surface area contributed by atoms with Crippen LogP contribution in [-0.4, -0.2) is 51.2 Å². The van der Waals surface area contributed by atoms with Crippen LogP contribution in [0.3, 0.4) is 0 Å². The number of amides is 1. The lowest BCUT2D eigenvalue weighted by atomic mass is 10.1. The summed E-state index contributed by atoms with van der Waals surface area (Å²) >= 11 is 0. The molecule has 1 aliphatic heterocycles. The SMILES string of the molecule is COc1cccc(OC)c1/C=C/C(=O)N1CCN(c2ccccc2F)CC1. The third-order valence-electron chi connectivity index (χ3n) is 4.64. The third kappa shape index (κ3) is 4.22. The van der Waals surface area contributed by atoms with Gasteiger partial charge in [-0.15, -0.1) is 0 Å².